The van der Waals surface area contributed by atoms with E-state index in [0.717, 1.165) is 25.3 Å². The molecule has 0 radical (unpaired) electrons. The van der Waals surface area contributed by atoms with E-state index in [4.69, 9.17) is 0 Å². The Hall–Kier alpha value is 0.320. The average Bonchev–Trinajstić information content (AvgIpc) is 2.09. The fraction of sp³-hybridized carbons (Fsp3) is 1.00. The van der Waals surface area contributed by atoms with Crippen LogP contribution in [0.3, 0.4) is 0 Å². The molecule has 1 aliphatic rings. The van der Waals surface area contributed by atoms with Crippen LogP contribution >= 0.6 is 9.24 Å². The molecule has 4 atom stereocenters. The van der Waals surface area contributed by atoms with Crippen molar-refractivity contribution < 1.29 is 4.39 Å². The number of alkyl halides is 1. The number of rotatable bonds is 1. The Labute approximate surface area is 77.7 Å². The van der Waals surface area contributed by atoms with Gasteiger partial charge < -0.3 is 5.32 Å². The van der Waals surface area contributed by atoms with Gasteiger partial charge in [0.1, 0.15) is 5.91 Å². The summed E-state index contributed by atoms with van der Waals surface area (Å²) >= 11 is 0. The summed E-state index contributed by atoms with van der Waals surface area (Å²) in [7, 11) is 2.21. The molecule has 0 bridgehead atoms. The van der Waals surface area contributed by atoms with Gasteiger partial charge >= 0.3 is 0 Å². The van der Waals surface area contributed by atoms with E-state index in [9.17, 15) is 4.39 Å². The molecule has 74 valence electrons. The lowest BCUT2D eigenvalue weighted by molar-refractivity contribution is 0.258. The molecule has 1 fully saturated rings. The van der Waals surface area contributed by atoms with Crippen LogP contribution in [0.1, 0.15) is 33.6 Å². The van der Waals surface area contributed by atoms with Crippen LogP contribution in [0.2, 0.25) is 0 Å². The number of piperidine rings is 1. The summed E-state index contributed by atoms with van der Waals surface area (Å²) in [6.45, 7) is 7.17. The maximum atomic E-state index is 12.6. The third kappa shape index (κ3) is 4.37. The van der Waals surface area contributed by atoms with Gasteiger partial charge in [0, 0.05) is 6.04 Å². The molecule has 4 unspecified atom stereocenters. The molecule has 0 spiro atoms. The van der Waals surface area contributed by atoms with E-state index in [0.29, 0.717) is 0 Å². The number of halogens is 1. The molecule has 1 nitrogen and oxygen atoms in total. The van der Waals surface area contributed by atoms with Crippen LogP contribution in [-0.2, 0) is 0 Å². The normalized spacial score (nSPS) is 31.8. The van der Waals surface area contributed by atoms with Gasteiger partial charge in [0.2, 0.25) is 0 Å². The zero-order chi connectivity index (χ0) is 9.56. The van der Waals surface area contributed by atoms with Gasteiger partial charge in [-0.25, -0.2) is 4.39 Å². The molecule has 1 N–H and O–H groups in total. The first-order valence-electron chi connectivity index (χ1n) is 4.83. The van der Waals surface area contributed by atoms with Crippen molar-refractivity contribution >= 4 is 9.24 Å². The van der Waals surface area contributed by atoms with E-state index in [1.54, 1.807) is 0 Å². The minimum absolute atomic E-state index is 0.0844. The zero-order valence-electron chi connectivity index (χ0n) is 8.31. The highest BCUT2D eigenvalue weighted by molar-refractivity contribution is 7.17. The fourth-order valence-corrected chi connectivity index (χ4v) is 1.62. The van der Waals surface area contributed by atoms with Crippen LogP contribution in [0.4, 0.5) is 4.39 Å². The maximum Gasteiger partial charge on any atom is 0.128 e. The van der Waals surface area contributed by atoms with E-state index in [-0.39, 0.29) is 6.04 Å². The SMILES string of the molecule is CC.CC1CCC(C(F)P)NC1. The van der Waals surface area contributed by atoms with Crippen molar-refractivity contribution in [3.8, 4) is 0 Å². The van der Waals surface area contributed by atoms with Crippen LogP contribution in [-0.4, -0.2) is 18.5 Å². The van der Waals surface area contributed by atoms with Crippen molar-refractivity contribution in [3.63, 3.8) is 0 Å². The summed E-state index contributed by atoms with van der Waals surface area (Å²) in [5.41, 5.74) is 0. The second kappa shape index (κ2) is 6.80. The second-order valence-corrected chi connectivity index (χ2v) is 3.78. The van der Waals surface area contributed by atoms with Crippen molar-refractivity contribution in [1.82, 2.24) is 5.32 Å². The first-order valence-corrected chi connectivity index (χ1v) is 5.50. The predicted molar refractivity (Wildman–Crippen MR) is 56.1 cm³/mol. The van der Waals surface area contributed by atoms with E-state index in [2.05, 4.69) is 21.5 Å². The Morgan fingerprint density at radius 2 is 2.00 bits per heavy atom. The summed E-state index contributed by atoms with van der Waals surface area (Å²) < 4.78 is 12.6. The van der Waals surface area contributed by atoms with Crippen LogP contribution in [0.5, 0.6) is 0 Å². The van der Waals surface area contributed by atoms with Crippen LogP contribution in [0.25, 0.3) is 0 Å². The lowest BCUT2D eigenvalue weighted by Crippen LogP contribution is -2.41. The van der Waals surface area contributed by atoms with Crippen molar-refractivity contribution in [3.05, 3.63) is 0 Å². The molecule has 0 aromatic heterocycles. The van der Waals surface area contributed by atoms with Crippen LogP contribution in [0.15, 0.2) is 0 Å². The smallest absolute Gasteiger partial charge is 0.128 e. The van der Waals surface area contributed by atoms with Crippen LogP contribution in [0, 0.1) is 5.92 Å². The second-order valence-electron chi connectivity index (χ2n) is 3.14. The molecular weight excluding hydrogens is 172 g/mol. The van der Waals surface area contributed by atoms with Crippen molar-refractivity contribution in [2.45, 2.75) is 45.6 Å². The molecule has 0 aromatic carbocycles. The number of hydrogen-bond donors (Lipinski definition) is 1. The molecule has 1 rings (SSSR count). The molecule has 1 heterocycles. The third-order valence-electron chi connectivity index (χ3n) is 2.08. The van der Waals surface area contributed by atoms with E-state index >= 15 is 0 Å². The maximum absolute atomic E-state index is 12.6. The zero-order valence-corrected chi connectivity index (χ0v) is 9.46. The Balaban J connectivity index is 0.000000561. The van der Waals surface area contributed by atoms with Gasteiger partial charge in [-0.3, -0.25) is 0 Å². The van der Waals surface area contributed by atoms with Crippen molar-refractivity contribution in [1.29, 1.82) is 0 Å². The van der Waals surface area contributed by atoms with Gasteiger partial charge in [-0.1, -0.05) is 30.0 Å². The molecule has 0 aliphatic carbocycles. The highest BCUT2D eigenvalue weighted by Crippen LogP contribution is 2.19. The quantitative estimate of drug-likeness (QED) is 0.631. The molecule has 0 saturated carbocycles. The average molecular weight is 193 g/mol. The predicted octanol–water partition coefficient (Wildman–Crippen LogP) is 2.57. The van der Waals surface area contributed by atoms with Crippen molar-refractivity contribution in [2.75, 3.05) is 6.54 Å². The van der Waals surface area contributed by atoms with Crippen LogP contribution < -0.4 is 5.32 Å². The highest BCUT2D eigenvalue weighted by Gasteiger charge is 2.21. The Morgan fingerprint density at radius 1 is 1.42 bits per heavy atom. The monoisotopic (exact) mass is 193 g/mol. The molecular formula is C9H21FNP. The molecule has 3 heteroatoms. The van der Waals surface area contributed by atoms with Gasteiger partial charge in [-0.15, -0.1) is 0 Å². The lowest BCUT2D eigenvalue weighted by Gasteiger charge is -2.28. The molecule has 1 aliphatic heterocycles. The molecule has 1 saturated heterocycles. The minimum Gasteiger partial charge on any atom is -0.311 e. The highest BCUT2D eigenvalue weighted by atomic mass is 31.0. The third-order valence-corrected chi connectivity index (χ3v) is 2.55. The summed E-state index contributed by atoms with van der Waals surface area (Å²) in [4.78, 5) is 0. The van der Waals surface area contributed by atoms with E-state index < -0.39 is 5.91 Å². The van der Waals surface area contributed by atoms with Gasteiger partial charge in [-0.05, 0) is 25.3 Å². The van der Waals surface area contributed by atoms with E-state index in [1.807, 2.05) is 13.8 Å². The van der Waals surface area contributed by atoms with Gasteiger partial charge in [0.05, 0.1) is 0 Å². The Kier molecular flexibility index (Phi) is 6.98. The standard InChI is InChI=1S/C7H15FNP.C2H6/c1-5-2-3-6(7(8)10)9-4-5;1-2/h5-7,9H,2-4,10H2,1H3;1-2H3. The summed E-state index contributed by atoms with van der Waals surface area (Å²) in [6.07, 6.45) is 2.14. The Morgan fingerprint density at radius 3 is 2.33 bits per heavy atom. The van der Waals surface area contributed by atoms with Crippen molar-refractivity contribution in [2.24, 2.45) is 5.92 Å². The molecule has 12 heavy (non-hydrogen) atoms. The summed E-state index contributed by atoms with van der Waals surface area (Å²) in [5, 5.41) is 3.17. The Bertz CT molecular complexity index is 101. The lowest BCUT2D eigenvalue weighted by atomic mass is 9.97. The van der Waals surface area contributed by atoms with E-state index in [1.165, 1.54) is 0 Å². The van der Waals surface area contributed by atoms with Gasteiger partial charge in [0.15, 0.2) is 0 Å². The summed E-state index contributed by atoms with van der Waals surface area (Å²) in [6, 6.07) is 0.0844. The fourth-order valence-electron chi connectivity index (χ4n) is 1.29. The largest absolute Gasteiger partial charge is 0.311 e. The molecule has 0 amide bonds. The van der Waals surface area contributed by atoms with Gasteiger partial charge in [0.25, 0.3) is 0 Å². The topological polar surface area (TPSA) is 12.0 Å². The number of hydrogen-bond acceptors (Lipinski definition) is 1. The molecule has 0 aromatic rings. The number of nitrogens with one attached hydrogen (secondary N) is 1. The minimum atomic E-state index is -0.771. The van der Waals surface area contributed by atoms with Gasteiger partial charge in [-0.2, -0.15) is 0 Å². The first kappa shape index (κ1) is 12.3. The summed E-state index contributed by atoms with van der Waals surface area (Å²) in [5.74, 6) is -0.0486. The first-order chi connectivity index (χ1) is 5.70.